The van der Waals surface area contributed by atoms with Crippen LogP contribution >= 0.6 is 0 Å². The molecule has 5 atom stereocenters. The molecule has 0 aromatic rings. The third-order valence-electron chi connectivity index (χ3n) is 2.70. The fraction of sp³-hybridized carbons (Fsp3) is 0.750. The molecule has 1 saturated heterocycles. The molecule has 0 aromatic heterocycles. The van der Waals surface area contributed by atoms with Crippen molar-refractivity contribution in [2.75, 3.05) is 6.61 Å². The highest BCUT2D eigenvalue weighted by atomic mass is 16.7. The molecular weight excluding hydrogens is 288 g/mol. The zero-order valence-electron chi connectivity index (χ0n) is 11.8. The van der Waals surface area contributed by atoms with Gasteiger partial charge in [-0.2, -0.15) is 0 Å². The van der Waals surface area contributed by atoms with Gasteiger partial charge in [0.1, 0.15) is 6.10 Å². The Morgan fingerprint density at radius 3 is 1.76 bits per heavy atom. The summed E-state index contributed by atoms with van der Waals surface area (Å²) in [4.78, 5) is 33.4. The third kappa shape index (κ3) is 4.66. The molecule has 21 heavy (non-hydrogen) atoms. The molecule has 1 aliphatic rings. The van der Waals surface area contributed by atoms with E-state index >= 15 is 0 Å². The Morgan fingerprint density at radius 1 is 0.905 bits per heavy atom. The Labute approximate surface area is 120 Å². The molecule has 1 heterocycles. The molecule has 0 aromatic carbocycles. The number of ether oxygens (including phenoxy) is 4. The van der Waals surface area contributed by atoms with E-state index in [1.54, 1.807) is 0 Å². The molecule has 9 nitrogen and oxygen atoms in total. The Balaban J connectivity index is 3.08. The average Bonchev–Trinajstić information content (AvgIpc) is 2.35. The van der Waals surface area contributed by atoms with Crippen molar-refractivity contribution in [1.82, 2.24) is 0 Å². The van der Waals surface area contributed by atoms with E-state index in [0.717, 1.165) is 20.8 Å². The number of aliphatic hydroxyl groups excluding tert-OH is 2. The molecule has 0 aliphatic carbocycles. The largest absolute Gasteiger partial charge is 0.456 e. The van der Waals surface area contributed by atoms with Crippen LogP contribution in [0.1, 0.15) is 20.8 Å². The normalized spacial score (nSPS) is 32.1. The standard InChI is InChI=1S/C12H18O9/c1-5(14)18-9-8(4-13)21-12(17)11(20-7(3)16)10(9)19-6(2)15/h8-13,17H,4H2,1-3H3/t8-,9-,10+,11-,12?/m0/s1. The second kappa shape index (κ2) is 7.34. The van der Waals surface area contributed by atoms with Crippen molar-refractivity contribution in [2.45, 2.75) is 51.5 Å². The topological polar surface area (TPSA) is 129 Å². The quantitative estimate of drug-likeness (QED) is 0.470. The highest BCUT2D eigenvalue weighted by Gasteiger charge is 2.51. The molecule has 9 heteroatoms. The summed E-state index contributed by atoms with van der Waals surface area (Å²) in [6, 6.07) is 0. The van der Waals surface area contributed by atoms with Gasteiger partial charge in [0.25, 0.3) is 0 Å². The second-order valence-electron chi connectivity index (χ2n) is 4.47. The first-order valence-corrected chi connectivity index (χ1v) is 6.22. The lowest BCUT2D eigenvalue weighted by molar-refractivity contribution is -0.295. The van der Waals surface area contributed by atoms with Gasteiger partial charge in [0.2, 0.25) is 0 Å². The summed E-state index contributed by atoms with van der Waals surface area (Å²) in [6.45, 7) is 2.71. The van der Waals surface area contributed by atoms with Gasteiger partial charge in [0.05, 0.1) is 6.61 Å². The van der Waals surface area contributed by atoms with Crippen molar-refractivity contribution >= 4 is 17.9 Å². The van der Waals surface area contributed by atoms with E-state index in [0.29, 0.717) is 0 Å². The molecular formula is C12H18O9. The fourth-order valence-electron chi connectivity index (χ4n) is 2.02. The van der Waals surface area contributed by atoms with Gasteiger partial charge < -0.3 is 29.2 Å². The van der Waals surface area contributed by atoms with Crippen molar-refractivity contribution < 1.29 is 43.5 Å². The summed E-state index contributed by atoms with van der Waals surface area (Å²) in [6.07, 6.45) is -6.65. The smallest absolute Gasteiger partial charge is 0.303 e. The average molecular weight is 306 g/mol. The van der Waals surface area contributed by atoms with Crippen LogP contribution in [0.25, 0.3) is 0 Å². The number of rotatable bonds is 4. The number of esters is 3. The van der Waals surface area contributed by atoms with Gasteiger partial charge in [-0.25, -0.2) is 0 Å². The molecule has 2 N–H and O–H groups in total. The summed E-state index contributed by atoms with van der Waals surface area (Å²) in [7, 11) is 0. The number of hydrogen-bond donors (Lipinski definition) is 2. The Bertz CT molecular complexity index is 408. The van der Waals surface area contributed by atoms with E-state index in [2.05, 4.69) is 0 Å². The lowest BCUT2D eigenvalue weighted by atomic mass is 9.98. The highest BCUT2D eigenvalue weighted by molar-refractivity contribution is 5.68. The maximum absolute atomic E-state index is 11.2. The van der Waals surface area contributed by atoms with E-state index in [1.807, 2.05) is 0 Å². The Morgan fingerprint density at radius 2 is 1.33 bits per heavy atom. The van der Waals surface area contributed by atoms with E-state index in [4.69, 9.17) is 18.9 Å². The van der Waals surface area contributed by atoms with Gasteiger partial charge in [0, 0.05) is 20.8 Å². The van der Waals surface area contributed by atoms with E-state index in [-0.39, 0.29) is 0 Å². The van der Waals surface area contributed by atoms with Crippen LogP contribution in [0.4, 0.5) is 0 Å². The Hall–Kier alpha value is -1.71. The minimum Gasteiger partial charge on any atom is -0.456 e. The molecule has 1 rings (SSSR count). The number of aliphatic hydroxyl groups is 2. The van der Waals surface area contributed by atoms with Gasteiger partial charge in [-0.3, -0.25) is 14.4 Å². The van der Waals surface area contributed by atoms with Crippen molar-refractivity contribution in [1.29, 1.82) is 0 Å². The first-order valence-electron chi connectivity index (χ1n) is 6.22. The SMILES string of the molecule is CC(=O)O[C@@H]1[C@@H](OC(C)=O)[C@H](OC(C)=O)C(O)O[C@H]1CO. The van der Waals surface area contributed by atoms with Gasteiger partial charge in [-0.1, -0.05) is 0 Å². The van der Waals surface area contributed by atoms with Gasteiger partial charge in [-0.15, -0.1) is 0 Å². The third-order valence-corrected chi connectivity index (χ3v) is 2.70. The van der Waals surface area contributed by atoms with Crippen molar-refractivity contribution in [3.8, 4) is 0 Å². The van der Waals surface area contributed by atoms with Crippen LogP contribution in [0.2, 0.25) is 0 Å². The minimum atomic E-state index is -1.64. The second-order valence-corrected chi connectivity index (χ2v) is 4.47. The maximum atomic E-state index is 11.2. The number of carbonyl (C=O) groups excluding carboxylic acids is 3. The first kappa shape index (κ1) is 17.3. The number of carbonyl (C=O) groups is 3. The minimum absolute atomic E-state index is 0.598. The molecule has 1 aliphatic heterocycles. The first-order chi connectivity index (χ1) is 9.76. The molecule has 1 unspecified atom stereocenters. The van der Waals surface area contributed by atoms with Gasteiger partial charge in [-0.05, 0) is 0 Å². The lowest BCUT2D eigenvalue weighted by Crippen LogP contribution is -2.62. The van der Waals surface area contributed by atoms with Crippen LogP contribution in [0.15, 0.2) is 0 Å². The van der Waals surface area contributed by atoms with Crippen LogP contribution in [0, 0.1) is 0 Å². The summed E-state index contributed by atoms with van der Waals surface area (Å²) in [5, 5.41) is 19.0. The summed E-state index contributed by atoms with van der Waals surface area (Å²) in [5.41, 5.74) is 0. The molecule has 0 bridgehead atoms. The molecule has 0 spiro atoms. The van der Waals surface area contributed by atoms with Crippen LogP contribution < -0.4 is 0 Å². The zero-order chi connectivity index (χ0) is 16.2. The molecule has 0 radical (unpaired) electrons. The van der Waals surface area contributed by atoms with Crippen LogP contribution in [0.5, 0.6) is 0 Å². The monoisotopic (exact) mass is 306 g/mol. The lowest BCUT2D eigenvalue weighted by Gasteiger charge is -2.42. The molecule has 0 amide bonds. The molecule has 120 valence electrons. The number of hydrogen-bond acceptors (Lipinski definition) is 9. The van der Waals surface area contributed by atoms with Crippen LogP contribution in [-0.2, 0) is 33.3 Å². The summed E-state index contributed by atoms with van der Waals surface area (Å²) < 4.78 is 19.8. The predicted octanol–water partition coefficient (Wildman–Crippen LogP) is -1.51. The fourth-order valence-corrected chi connectivity index (χ4v) is 2.02. The van der Waals surface area contributed by atoms with Crippen molar-refractivity contribution in [3.63, 3.8) is 0 Å². The van der Waals surface area contributed by atoms with Gasteiger partial charge >= 0.3 is 17.9 Å². The van der Waals surface area contributed by atoms with Crippen LogP contribution in [0.3, 0.4) is 0 Å². The van der Waals surface area contributed by atoms with E-state index < -0.39 is 55.2 Å². The van der Waals surface area contributed by atoms with Crippen LogP contribution in [-0.4, -0.2) is 65.4 Å². The zero-order valence-corrected chi connectivity index (χ0v) is 11.8. The van der Waals surface area contributed by atoms with E-state index in [9.17, 15) is 24.6 Å². The molecule has 0 saturated carbocycles. The van der Waals surface area contributed by atoms with Crippen molar-refractivity contribution in [3.05, 3.63) is 0 Å². The predicted molar refractivity (Wildman–Crippen MR) is 64.6 cm³/mol. The van der Waals surface area contributed by atoms with Gasteiger partial charge in [0.15, 0.2) is 24.6 Å². The molecule has 1 fully saturated rings. The summed E-state index contributed by atoms with van der Waals surface area (Å²) >= 11 is 0. The summed E-state index contributed by atoms with van der Waals surface area (Å²) in [5.74, 6) is -2.19. The van der Waals surface area contributed by atoms with E-state index in [1.165, 1.54) is 0 Å². The maximum Gasteiger partial charge on any atom is 0.303 e. The Kier molecular flexibility index (Phi) is 6.06. The van der Waals surface area contributed by atoms with Crippen molar-refractivity contribution in [2.24, 2.45) is 0 Å². The highest BCUT2D eigenvalue weighted by Crippen LogP contribution is 2.27.